The lowest BCUT2D eigenvalue weighted by molar-refractivity contribution is 0.630. The first-order chi connectivity index (χ1) is 8.15. The van der Waals surface area contributed by atoms with Crippen molar-refractivity contribution in [2.45, 2.75) is 0 Å². The van der Waals surface area contributed by atoms with Crippen LogP contribution in [0.15, 0.2) is 39.7 Å². The molecule has 0 atom stereocenters. The van der Waals surface area contributed by atoms with Crippen molar-refractivity contribution in [2.75, 3.05) is 0 Å². The van der Waals surface area contributed by atoms with Crippen molar-refractivity contribution >= 4 is 37.7 Å². The fourth-order valence-electron chi connectivity index (χ4n) is 1.86. The minimum atomic E-state index is -0.371. The van der Waals surface area contributed by atoms with E-state index in [2.05, 4.69) is 25.9 Å². The summed E-state index contributed by atoms with van der Waals surface area (Å²) < 4.78 is 14.0. The van der Waals surface area contributed by atoms with Crippen LogP contribution in [0.25, 0.3) is 21.8 Å². The molecule has 0 saturated heterocycles. The van der Waals surface area contributed by atoms with Crippen LogP contribution in [0.1, 0.15) is 0 Å². The van der Waals surface area contributed by atoms with Gasteiger partial charge in [0.25, 0.3) is 5.56 Å². The van der Waals surface area contributed by atoms with Crippen molar-refractivity contribution in [3.05, 3.63) is 51.1 Å². The van der Waals surface area contributed by atoms with Crippen LogP contribution in [0.5, 0.6) is 0 Å². The number of benzene rings is 1. The minimum absolute atomic E-state index is 0.262. The molecule has 5 heteroatoms. The predicted octanol–water partition coefficient (Wildman–Crippen LogP) is 2.98. The number of rotatable bonds is 0. The van der Waals surface area contributed by atoms with Gasteiger partial charge in [0, 0.05) is 26.8 Å². The number of hydrogen-bond acceptors (Lipinski definition) is 2. The topological polar surface area (TPSA) is 45.8 Å². The molecule has 1 N–H and O–H groups in total. The molecule has 84 valence electrons. The van der Waals surface area contributed by atoms with Crippen LogP contribution >= 0.6 is 15.9 Å². The highest BCUT2D eigenvalue weighted by Gasteiger charge is 2.07. The van der Waals surface area contributed by atoms with Crippen molar-refractivity contribution in [3.63, 3.8) is 0 Å². The van der Waals surface area contributed by atoms with E-state index >= 15 is 0 Å². The van der Waals surface area contributed by atoms with Crippen LogP contribution < -0.4 is 5.56 Å². The van der Waals surface area contributed by atoms with Gasteiger partial charge >= 0.3 is 0 Å². The van der Waals surface area contributed by atoms with E-state index in [1.807, 2.05) is 0 Å². The summed E-state index contributed by atoms with van der Waals surface area (Å²) in [6.07, 6.45) is 1.59. The van der Waals surface area contributed by atoms with Gasteiger partial charge in [0.15, 0.2) is 0 Å². The molecule has 0 saturated carbocycles. The molecule has 3 aromatic rings. The van der Waals surface area contributed by atoms with Gasteiger partial charge in [-0.1, -0.05) is 0 Å². The Morgan fingerprint density at radius 1 is 1.18 bits per heavy atom. The Morgan fingerprint density at radius 3 is 2.82 bits per heavy atom. The molecular formula is C12H6BrFN2O. The Kier molecular flexibility index (Phi) is 2.22. The molecule has 0 aliphatic heterocycles. The molecule has 0 bridgehead atoms. The summed E-state index contributed by atoms with van der Waals surface area (Å²) in [5, 5.41) is 1.74. The lowest BCUT2D eigenvalue weighted by Gasteiger charge is -2.03. The minimum Gasteiger partial charge on any atom is -0.306 e. The van der Waals surface area contributed by atoms with E-state index in [4.69, 9.17) is 0 Å². The average molecular weight is 293 g/mol. The number of aromatic nitrogens is 2. The molecular weight excluding hydrogens is 287 g/mol. The van der Waals surface area contributed by atoms with Gasteiger partial charge in [-0.25, -0.2) is 9.37 Å². The Hall–Kier alpha value is -1.75. The highest BCUT2D eigenvalue weighted by atomic mass is 79.9. The third-order valence-corrected chi connectivity index (χ3v) is 3.04. The molecule has 0 unspecified atom stereocenters. The molecule has 0 radical (unpaired) electrons. The summed E-state index contributed by atoms with van der Waals surface area (Å²) in [6, 6.07) is 5.90. The van der Waals surface area contributed by atoms with Gasteiger partial charge in [-0.3, -0.25) is 4.79 Å². The van der Waals surface area contributed by atoms with Gasteiger partial charge in [-0.2, -0.15) is 0 Å². The van der Waals surface area contributed by atoms with E-state index in [0.29, 0.717) is 21.8 Å². The number of pyridine rings is 2. The van der Waals surface area contributed by atoms with Crippen molar-refractivity contribution in [1.82, 2.24) is 9.97 Å². The molecule has 0 amide bonds. The Morgan fingerprint density at radius 2 is 2.00 bits per heavy atom. The smallest absolute Gasteiger partial charge is 0.257 e. The van der Waals surface area contributed by atoms with Crippen molar-refractivity contribution in [3.8, 4) is 0 Å². The lowest BCUT2D eigenvalue weighted by atomic mass is 10.1. The number of aromatic amines is 1. The second kappa shape index (κ2) is 3.63. The highest BCUT2D eigenvalue weighted by molar-refractivity contribution is 9.10. The highest BCUT2D eigenvalue weighted by Crippen LogP contribution is 2.23. The fourth-order valence-corrected chi connectivity index (χ4v) is 2.19. The number of halogens is 2. The molecule has 3 rings (SSSR count). The zero-order chi connectivity index (χ0) is 12.0. The summed E-state index contributed by atoms with van der Waals surface area (Å²) in [5.41, 5.74) is 0.193. The quantitative estimate of drug-likeness (QED) is 0.648. The van der Waals surface area contributed by atoms with Crippen LogP contribution in [-0.2, 0) is 0 Å². The normalized spacial score (nSPS) is 11.2. The zero-order valence-electron chi connectivity index (χ0n) is 8.50. The average Bonchev–Trinajstić information content (AvgIpc) is 2.30. The first-order valence-electron chi connectivity index (χ1n) is 4.92. The molecule has 2 heterocycles. The molecule has 17 heavy (non-hydrogen) atoms. The van der Waals surface area contributed by atoms with Gasteiger partial charge in [0.2, 0.25) is 0 Å². The Balaban J connectivity index is 2.64. The third kappa shape index (κ3) is 1.63. The van der Waals surface area contributed by atoms with E-state index < -0.39 is 0 Å². The summed E-state index contributed by atoms with van der Waals surface area (Å²) >= 11 is 3.31. The van der Waals surface area contributed by atoms with Crippen LogP contribution in [0.4, 0.5) is 4.39 Å². The molecule has 1 aromatic carbocycles. The first-order valence-corrected chi connectivity index (χ1v) is 5.71. The van der Waals surface area contributed by atoms with E-state index in [1.54, 1.807) is 12.3 Å². The predicted molar refractivity (Wildman–Crippen MR) is 67.5 cm³/mol. The van der Waals surface area contributed by atoms with Crippen molar-refractivity contribution in [2.24, 2.45) is 0 Å². The maximum atomic E-state index is 13.3. The van der Waals surface area contributed by atoms with Gasteiger partial charge in [-0.15, -0.1) is 0 Å². The monoisotopic (exact) mass is 292 g/mol. The summed E-state index contributed by atoms with van der Waals surface area (Å²) in [4.78, 5) is 18.5. The fraction of sp³-hybridized carbons (Fsp3) is 0. The number of nitrogens with one attached hydrogen (secondary N) is 1. The number of hydrogen-bond donors (Lipinski definition) is 1. The Bertz CT molecular complexity index is 797. The summed E-state index contributed by atoms with van der Waals surface area (Å²) in [5.74, 6) is -0.371. The molecule has 0 aliphatic rings. The van der Waals surface area contributed by atoms with Crippen molar-refractivity contribution < 1.29 is 4.39 Å². The number of H-pyrrole nitrogens is 1. The number of nitrogens with zero attached hydrogens (tertiary/aromatic N) is 1. The number of fused-ring (bicyclic) bond motifs is 3. The van der Waals surface area contributed by atoms with Crippen LogP contribution in [0, 0.1) is 5.82 Å². The van der Waals surface area contributed by atoms with Gasteiger partial charge < -0.3 is 4.98 Å². The largest absolute Gasteiger partial charge is 0.306 e. The van der Waals surface area contributed by atoms with E-state index in [-0.39, 0.29) is 11.4 Å². The maximum Gasteiger partial charge on any atom is 0.257 e. The third-order valence-electron chi connectivity index (χ3n) is 2.60. The van der Waals surface area contributed by atoms with E-state index in [0.717, 1.165) is 4.47 Å². The molecule has 0 spiro atoms. The van der Waals surface area contributed by atoms with Gasteiger partial charge in [0.05, 0.1) is 0 Å². The summed E-state index contributed by atoms with van der Waals surface area (Å²) in [6.45, 7) is 0. The zero-order valence-corrected chi connectivity index (χ0v) is 10.1. The second-order valence-electron chi connectivity index (χ2n) is 3.69. The summed E-state index contributed by atoms with van der Waals surface area (Å²) in [7, 11) is 0. The van der Waals surface area contributed by atoms with Gasteiger partial charge in [0.1, 0.15) is 11.5 Å². The van der Waals surface area contributed by atoms with E-state index in [9.17, 15) is 9.18 Å². The van der Waals surface area contributed by atoms with Gasteiger partial charge in [-0.05, 0) is 40.2 Å². The Labute approximate surface area is 103 Å². The maximum absolute atomic E-state index is 13.3. The van der Waals surface area contributed by atoms with Crippen LogP contribution in [-0.4, -0.2) is 9.97 Å². The first kappa shape index (κ1) is 10.4. The second-order valence-corrected chi connectivity index (χ2v) is 4.61. The molecule has 0 fully saturated rings. The van der Waals surface area contributed by atoms with E-state index in [1.165, 1.54) is 18.2 Å². The standard InChI is InChI=1S/C12H6BrFN2O/c13-6-3-10-9-4-7(14)1-2-8(9)12(17)16-11(10)15-5-6/h1-5H,(H,15,16,17). The SMILES string of the molecule is O=c1[nH]c2ncc(Br)cc2c2cc(F)ccc12. The van der Waals surface area contributed by atoms with Crippen LogP contribution in [0.2, 0.25) is 0 Å². The molecule has 0 aliphatic carbocycles. The molecule has 3 nitrogen and oxygen atoms in total. The molecule has 2 aromatic heterocycles. The lowest BCUT2D eigenvalue weighted by Crippen LogP contribution is -2.07. The van der Waals surface area contributed by atoms with Crippen molar-refractivity contribution in [1.29, 1.82) is 0 Å². The van der Waals surface area contributed by atoms with Crippen LogP contribution in [0.3, 0.4) is 0 Å².